The van der Waals surface area contributed by atoms with Gasteiger partial charge in [-0.1, -0.05) is 48.5 Å². The monoisotopic (exact) mass is 647 g/mol. The maximum atomic E-state index is 2.48. The molecule has 0 aliphatic carbocycles. The fourth-order valence-corrected chi connectivity index (χ4v) is 11.3. The first kappa shape index (κ1) is 24.6. The van der Waals surface area contributed by atoms with E-state index in [1.807, 2.05) is 45.3 Å². The number of hydrogen-bond acceptors (Lipinski definition) is 4. The second-order valence-corrected chi connectivity index (χ2v) is 15.1. The molecule has 0 bridgehead atoms. The number of nitrogens with zero attached hydrogens (tertiary/aromatic N) is 3. The third-order valence-electron chi connectivity index (χ3n) is 9.20. The van der Waals surface area contributed by atoms with Crippen LogP contribution < -0.4 is 0 Å². The molecular formula is C38H21N3S4. The smallest absolute Gasteiger partial charge is 0.0704 e. The molecule has 0 radical (unpaired) electrons. The molecule has 4 aromatic carbocycles. The van der Waals surface area contributed by atoms with Crippen LogP contribution in [-0.4, -0.2) is 13.7 Å². The average molecular weight is 648 g/mol. The molecule has 7 aromatic heterocycles. The predicted molar refractivity (Wildman–Crippen MR) is 198 cm³/mol. The van der Waals surface area contributed by atoms with Crippen LogP contribution in [0.2, 0.25) is 0 Å². The highest BCUT2D eigenvalue weighted by Gasteiger charge is 2.22. The predicted octanol–water partition coefficient (Wildman–Crippen LogP) is 12.4. The van der Waals surface area contributed by atoms with Gasteiger partial charge in [0.1, 0.15) is 0 Å². The van der Waals surface area contributed by atoms with Crippen molar-refractivity contribution in [3.05, 3.63) is 125 Å². The summed E-state index contributed by atoms with van der Waals surface area (Å²) in [5.74, 6) is 0. The van der Waals surface area contributed by atoms with Crippen molar-refractivity contribution < 1.29 is 0 Å². The molecule has 0 fully saturated rings. The number of thiophene rings is 4. The SMILES string of the molecule is c1ccc(-n2c3cc(-n4c5ccsc5c5sccc54)ccc3c3c4ccccc4c(-n4c5ccsc5c5sccc54)cc32)cc1. The van der Waals surface area contributed by atoms with Crippen molar-refractivity contribution >= 4 is 119 Å². The number of fused-ring (bicyclic) bond motifs is 11. The maximum absolute atomic E-state index is 2.48. The van der Waals surface area contributed by atoms with E-state index in [1.165, 1.54) is 90.5 Å². The molecule has 7 heterocycles. The standard InChI is InChI=1S/C38H21N3S4/c1-2-6-22(7-3-1)39-31-20-23(40-27-12-16-42-35(27)36-28(40)13-17-43-36)10-11-26(31)34-25-9-5-4-8-24(25)32(21-33(34)39)41-29-14-18-44-37(29)38-30(41)15-19-45-38/h1-21H. The van der Waals surface area contributed by atoms with E-state index in [1.54, 1.807) is 0 Å². The molecule has 0 atom stereocenters. The fourth-order valence-electron chi connectivity index (χ4n) is 7.42. The van der Waals surface area contributed by atoms with Gasteiger partial charge in [-0.15, -0.1) is 45.3 Å². The van der Waals surface area contributed by atoms with Gasteiger partial charge in [-0.3, -0.25) is 0 Å². The van der Waals surface area contributed by atoms with Crippen molar-refractivity contribution in [2.75, 3.05) is 0 Å². The van der Waals surface area contributed by atoms with Crippen LogP contribution in [0, 0.1) is 0 Å². The lowest BCUT2D eigenvalue weighted by Crippen LogP contribution is -1.98. The Kier molecular flexibility index (Phi) is 4.91. The van der Waals surface area contributed by atoms with Crippen molar-refractivity contribution in [2.45, 2.75) is 0 Å². The first-order valence-electron chi connectivity index (χ1n) is 14.8. The van der Waals surface area contributed by atoms with Crippen molar-refractivity contribution in [3.8, 4) is 17.1 Å². The Morgan fingerprint density at radius 3 is 1.51 bits per heavy atom. The van der Waals surface area contributed by atoms with E-state index >= 15 is 0 Å². The van der Waals surface area contributed by atoms with Gasteiger partial charge < -0.3 is 13.7 Å². The highest BCUT2D eigenvalue weighted by Crippen LogP contribution is 2.45. The number of aromatic nitrogens is 3. The lowest BCUT2D eigenvalue weighted by molar-refractivity contribution is 1.15. The van der Waals surface area contributed by atoms with Crippen LogP contribution in [0.3, 0.4) is 0 Å². The van der Waals surface area contributed by atoms with Crippen LogP contribution in [-0.2, 0) is 0 Å². The van der Waals surface area contributed by atoms with Gasteiger partial charge in [0.05, 0.1) is 57.6 Å². The normalized spacial score (nSPS) is 12.4. The molecule has 7 heteroatoms. The molecule has 212 valence electrons. The Balaban J connectivity index is 1.31. The van der Waals surface area contributed by atoms with E-state index in [0.717, 1.165) is 0 Å². The summed E-state index contributed by atoms with van der Waals surface area (Å²) in [5, 5.41) is 14.0. The summed E-state index contributed by atoms with van der Waals surface area (Å²) >= 11 is 7.34. The van der Waals surface area contributed by atoms with Gasteiger partial charge >= 0.3 is 0 Å². The fraction of sp³-hybridized carbons (Fsp3) is 0. The largest absolute Gasteiger partial charge is 0.309 e. The molecule has 3 nitrogen and oxygen atoms in total. The van der Waals surface area contributed by atoms with Gasteiger partial charge in [-0.25, -0.2) is 0 Å². The molecule has 11 rings (SSSR count). The summed E-state index contributed by atoms with van der Waals surface area (Å²) in [5.41, 5.74) is 11.1. The zero-order valence-corrected chi connectivity index (χ0v) is 26.9. The first-order valence-corrected chi connectivity index (χ1v) is 18.3. The van der Waals surface area contributed by atoms with Crippen LogP contribution in [0.4, 0.5) is 0 Å². The van der Waals surface area contributed by atoms with Crippen LogP contribution >= 0.6 is 45.3 Å². The molecule has 11 aromatic rings. The van der Waals surface area contributed by atoms with E-state index < -0.39 is 0 Å². The highest BCUT2D eigenvalue weighted by atomic mass is 32.1. The first-order chi connectivity index (χ1) is 22.3. The minimum absolute atomic E-state index is 1.17. The van der Waals surface area contributed by atoms with Gasteiger partial charge in [0.2, 0.25) is 0 Å². The summed E-state index contributed by atoms with van der Waals surface area (Å²) < 4.78 is 12.9. The van der Waals surface area contributed by atoms with E-state index in [2.05, 4.69) is 138 Å². The molecule has 0 aliphatic rings. The third kappa shape index (κ3) is 3.18. The van der Waals surface area contributed by atoms with Crippen molar-refractivity contribution in [3.63, 3.8) is 0 Å². The van der Waals surface area contributed by atoms with Gasteiger partial charge in [0.15, 0.2) is 0 Å². The number of benzene rings is 4. The Hall–Kier alpha value is -4.66. The van der Waals surface area contributed by atoms with Gasteiger partial charge in [-0.05, 0) is 81.5 Å². The second kappa shape index (κ2) is 8.96. The molecule has 0 saturated carbocycles. The zero-order valence-electron chi connectivity index (χ0n) is 23.6. The lowest BCUT2D eigenvalue weighted by atomic mass is 10.0. The molecule has 0 aliphatic heterocycles. The summed E-state index contributed by atoms with van der Waals surface area (Å²) in [4.78, 5) is 0. The number of para-hydroxylation sites is 1. The van der Waals surface area contributed by atoms with E-state index in [4.69, 9.17) is 0 Å². The molecule has 0 saturated heterocycles. The lowest BCUT2D eigenvalue weighted by Gasteiger charge is -2.14. The Labute approximate surface area is 272 Å². The van der Waals surface area contributed by atoms with Crippen LogP contribution in [0.1, 0.15) is 0 Å². The Morgan fingerprint density at radius 2 is 0.889 bits per heavy atom. The summed E-state index contributed by atoms with van der Waals surface area (Å²) in [6.07, 6.45) is 0. The quantitative estimate of drug-likeness (QED) is 0.181. The Morgan fingerprint density at radius 1 is 0.356 bits per heavy atom. The van der Waals surface area contributed by atoms with Crippen LogP contribution in [0.15, 0.2) is 125 Å². The van der Waals surface area contributed by atoms with Crippen molar-refractivity contribution in [1.82, 2.24) is 13.7 Å². The number of rotatable bonds is 3. The molecule has 0 spiro atoms. The summed E-state index contributed by atoms with van der Waals surface area (Å²) in [7, 11) is 0. The minimum atomic E-state index is 1.17. The maximum Gasteiger partial charge on any atom is 0.0704 e. The summed E-state index contributed by atoms with van der Waals surface area (Å²) in [6, 6.07) is 38.4. The molecule has 45 heavy (non-hydrogen) atoms. The molecular weight excluding hydrogens is 627 g/mol. The van der Waals surface area contributed by atoms with Crippen molar-refractivity contribution in [1.29, 1.82) is 0 Å². The number of hydrogen-bond donors (Lipinski definition) is 0. The average Bonchev–Trinajstić information content (AvgIpc) is 3.91. The second-order valence-electron chi connectivity index (χ2n) is 11.4. The van der Waals surface area contributed by atoms with Gasteiger partial charge in [0, 0.05) is 27.5 Å². The Bertz CT molecular complexity index is 2840. The third-order valence-corrected chi connectivity index (χ3v) is 13.1. The minimum Gasteiger partial charge on any atom is -0.309 e. The van der Waals surface area contributed by atoms with Crippen LogP contribution in [0.5, 0.6) is 0 Å². The molecule has 0 amide bonds. The highest BCUT2D eigenvalue weighted by molar-refractivity contribution is 7.26. The summed E-state index contributed by atoms with van der Waals surface area (Å²) in [6.45, 7) is 0. The van der Waals surface area contributed by atoms with Gasteiger partial charge in [0.25, 0.3) is 0 Å². The molecule has 0 unspecified atom stereocenters. The zero-order chi connectivity index (χ0) is 29.2. The molecule has 0 N–H and O–H groups in total. The van der Waals surface area contributed by atoms with E-state index in [9.17, 15) is 0 Å². The van der Waals surface area contributed by atoms with Gasteiger partial charge in [-0.2, -0.15) is 0 Å². The topological polar surface area (TPSA) is 14.8 Å². The van der Waals surface area contributed by atoms with Crippen LogP contribution in [0.25, 0.3) is 90.5 Å². The van der Waals surface area contributed by atoms with E-state index in [0.29, 0.717) is 0 Å². The van der Waals surface area contributed by atoms with E-state index in [-0.39, 0.29) is 0 Å². The van der Waals surface area contributed by atoms with Crippen molar-refractivity contribution in [2.24, 2.45) is 0 Å².